The lowest BCUT2D eigenvalue weighted by molar-refractivity contribution is 0.0603. The van der Waals surface area contributed by atoms with Crippen LogP contribution < -0.4 is 9.80 Å². The summed E-state index contributed by atoms with van der Waals surface area (Å²) in [5, 5.41) is 4.40. The Morgan fingerprint density at radius 3 is 2.86 bits per heavy atom. The van der Waals surface area contributed by atoms with Gasteiger partial charge < -0.3 is 14.5 Å². The highest BCUT2D eigenvalue weighted by Crippen LogP contribution is 2.39. The summed E-state index contributed by atoms with van der Waals surface area (Å²) in [5.74, 6) is 0.722. The number of pyridine rings is 1. The average Bonchev–Trinajstić information content (AvgIpc) is 2.92. The molecule has 0 radical (unpaired) electrons. The Hall–Kier alpha value is -2.24. The molecule has 1 aliphatic heterocycles. The van der Waals surface area contributed by atoms with E-state index in [1.54, 1.807) is 6.20 Å². The maximum atomic E-state index is 12.3. The van der Waals surface area contributed by atoms with Crippen molar-refractivity contribution in [2.24, 2.45) is 0 Å². The van der Waals surface area contributed by atoms with Crippen molar-refractivity contribution in [2.45, 2.75) is 12.8 Å². The summed E-state index contributed by atoms with van der Waals surface area (Å²) >= 11 is 0. The van der Waals surface area contributed by atoms with Gasteiger partial charge >= 0.3 is 5.97 Å². The fraction of sp³-hybridized carbons (Fsp3) is 0.467. The van der Waals surface area contributed by atoms with Crippen LogP contribution in [0.4, 0.5) is 11.5 Å². The number of nitrogens with zero attached hydrogens (tertiary/aromatic N) is 4. The van der Waals surface area contributed by atoms with E-state index in [1.807, 2.05) is 31.7 Å². The molecule has 0 aromatic carbocycles. The molecule has 112 valence electrons. The summed E-state index contributed by atoms with van der Waals surface area (Å²) in [5.41, 5.74) is 3.53. The molecular weight excluding hydrogens is 268 g/mol. The Bertz CT molecular complexity index is 705. The molecule has 0 saturated heterocycles. The number of ether oxygens (including phenoxy) is 1. The van der Waals surface area contributed by atoms with Crippen molar-refractivity contribution in [3.05, 3.63) is 23.4 Å². The molecule has 3 rings (SSSR count). The summed E-state index contributed by atoms with van der Waals surface area (Å²) in [6, 6.07) is 1.86. The number of carbonyl (C=O) groups is 1. The lowest BCUT2D eigenvalue weighted by Gasteiger charge is -2.33. The normalized spacial score (nSPS) is 14.2. The van der Waals surface area contributed by atoms with Gasteiger partial charge in [-0.15, -0.1) is 0 Å². The van der Waals surface area contributed by atoms with Gasteiger partial charge in [-0.25, -0.2) is 9.31 Å². The van der Waals surface area contributed by atoms with Crippen molar-refractivity contribution in [3.8, 4) is 0 Å². The molecule has 0 fully saturated rings. The highest BCUT2D eigenvalue weighted by Gasteiger charge is 2.29. The third-order valence-corrected chi connectivity index (χ3v) is 4.01. The lowest BCUT2D eigenvalue weighted by atomic mass is 9.98. The fourth-order valence-electron chi connectivity index (χ4n) is 3.19. The Balaban J connectivity index is 2.45. The predicted molar refractivity (Wildman–Crippen MR) is 82.4 cm³/mol. The van der Waals surface area contributed by atoms with Gasteiger partial charge in [0.1, 0.15) is 11.4 Å². The molecule has 1 aliphatic rings. The summed E-state index contributed by atoms with van der Waals surface area (Å²) in [6.45, 7) is 0.939. The number of methoxy groups -OCH3 is 1. The number of aromatic nitrogens is 2. The van der Waals surface area contributed by atoms with E-state index in [4.69, 9.17) is 4.74 Å². The molecule has 2 aromatic heterocycles. The second-order valence-electron chi connectivity index (χ2n) is 5.57. The molecule has 0 spiro atoms. The fourth-order valence-corrected chi connectivity index (χ4v) is 3.19. The van der Waals surface area contributed by atoms with Gasteiger partial charge in [0.2, 0.25) is 0 Å². The van der Waals surface area contributed by atoms with Gasteiger partial charge in [-0.3, -0.25) is 0 Å². The molecular formula is C15H20N4O2. The first kappa shape index (κ1) is 13.7. The minimum Gasteiger partial charge on any atom is -0.465 e. The van der Waals surface area contributed by atoms with E-state index in [1.165, 1.54) is 7.11 Å². The Labute approximate surface area is 123 Å². The largest absolute Gasteiger partial charge is 0.465 e. The molecule has 0 aliphatic carbocycles. The molecule has 0 N–H and O–H groups in total. The van der Waals surface area contributed by atoms with E-state index in [9.17, 15) is 4.79 Å². The standard InChI is InChI=1S/C15H20N4O2/c1-17(2)14-10-6-5-9-18(3)13(10)12(15(20)21-4)11-7-8-16-19(11)14/h7-8H,5-6,9H2,1-4H3. The zero-order valence-electron chi connectivity index (χ0n) is 12.9. The van der Waals surface area contributed by atoms with Crippen molar-refractivity contribution in [1.82, 2.24) is 9.61 Å². The first-order valence-corrected chi connectivity index (χ1v) is 7.05. The number of fused-ring (bicyclic) bond motifs is 2. The van der Waals surface area contributed by atoms with E-state index in [2.05, 4.69) is 14.9 Å². The zero-order valence-corrected chi connectivity index (χ0v) is 12.9. The number of carbonyl (C=O) groups excluding carboxylic acids is 1. The highest BCUT2D eigenvalue weighted by molar-refractivity contribution is 6.05. The van der Waals surface area contributed by atoms with E-state index < -0.39 is 0 Å². The smallest absolute Gasteiger partial charge is 0.342 e. The van der Waals surface area contributed by atoms with Crippen molar-refractivity contribution in [1.29, 1.82) is 0 Å². The minimum atomic E-state index is -0.309. The van der Waals surface area contributed by atoms with Gasteiger partial charge in [0, 0.05) is 33.3 Å². The maximum Gasteiger partial charge on any atom is 0.342 e. The molecule has 21 heavy (non-hydrogen) atoms. The van der Waals surface area contributed by atoms with Crippen LogP contribution in [0.1, 0.15) is 22.3 Å². The average molecular weight is 288 g/mol. The second kappa shape index (κ2) is 4.95. The Morgan fingerprint density at radius 1 is 1.43 bits per heavy atom. The molecule has 0 atom stereocenters. The number of rotatable bonds is 2. The van der Waals surface area contributed by atoms with Crippen LogP contribution in [0.2, 0.25) is 0 Å². The summed E-state index contributed by atoms with van der Waals surface area (Å²) < 4.78 is 6.85. The highest BCUT2D eigenvalue weighted by atomic mass is 16.5. The van der Waals surface area contributed by atoms with Crippen molar-refractivity contribution < 1.29 is 9.53 Å². The SMILES string of the molecule is COC(=O)c1c2c(c(N(C)C)n3nccc13)CCCN2C. The second-order valence-corrected chi connectivity index (χ2v) is 5.57. The third-order valence-electron chi connectivity index (χ3n) is 4.01. The molecule has 0 unspecified atom stereocenters. The minimum absolute atomic E-state index is 0.309. The number of hydrogen-bond acceptors (Lipinski definition) is 5. The van der Waals surface area contributed by atoms with Crippen LogP contribution in [0.15, 0.2) is 12.3 Å². The van der Waals surface area contributed by atoms with E-state index in [0.717, 1.165) is 42.0 Å². The molecule has 0 saturated carbocycles. The first-order valence-electron chi connectivity index (χ1n) is 7.05. The van der Waals surface area contributed by atoms with Gasteiger partial charge in [0.15, 0.2) is 0 Å². The topological polar surface area (TPSA) is 50.1 Å². The van der Waals surface area contributed by atoms with E-state index in [0.29, 0.717) is 5.56 Å². The molecule has 6 nitrogen and oxygen atoms in total. The van der Waals surface area contributed by atoms with Crippen LogP contribution in [0.3, 0.4) is 0 Å². The lowest BCUT2D eigenvalue weighted by Crippen LogP contribution is -2.30. The van der Waals surface area contributed by atoms with Crippen LogP contribution in [0.25, 0.3) is 5.52 Å². The van der Waals surface area contributed by atoms with Crippen molar-refractivity contribution >= 4 is 23.0 Å². The number of hydrogen-bond donors (Lipinski definition) is 0. The monoisotopic (exact) mass is 288 g/mol. The van der Waals surface area contributed by atoms with Crippen LogP contribution in [0, 0.1) is 0 Å². The van der Waals surface area contributed by atoms with Crippen molar-refractivity contribution in [3.63, 3.8) is 0 Å². The maximum absolute atomic E-state index is 12.3. The van der Waals surface area contributed by atoms with Gasteiger partial charge in [-0.1, -0.05) is 0 Å². The van der Waals surface area contributed by atoms with Crippen LogP contribution >= 0.6 is 0 Å². The van der Waals surface area contributed by atoms with Gasteiger partial charge in [-0.2, -0.15) is 5.10 Å². The molecule has 3 heterocycles. The van der Waals surface area contributed by atoms with E-state index in [-0.39, 0.29) is 5.97 Å². The van der Waals surface area contributed by atoms with E-state index >= 15 is 0 Å². The summed E-state index contributed by atoms with van der Waals surface area (Å²) in [7, 11) is 7.45. The number of anilines is 2. The third kappa shape index (κ3) is 1.93. The predicted octanol–water partition coefficient (Wildman–Crippen LogP) is 1.57. The first-order chi connectivity index (χ1) is 10.1. The zero-order chi connectivity index (χ0) is 15.1. The molecule has 2 aromatic rings. The van der Waals surface area contributed by atoms with Crippen LogP contribution in [-0.2, 0) is 11.2 Å². The van der Waals surface area contributed by atoms with Crippen LogP contribution in [0.5, 0.6) is 0 Å². The number of esters is 1. The van der Waals surface area contributed by atoms with Gasteiger partial charge in [0.25, 0.3) is 0 Å². The summed E-state index contributed by atoms with van der Waals surface area (Å²) in [6.07, 6.45) is 3.73. The van der Waals surface area contributed by atoms with Crippen molar-refractivity contribution in [2.75, 3.05) is 44.6 Å². The summed E-state index contributed by atoms with van der Waals surface area (Å²) in [4.78, 5) is 16.5. The molecule has 0 bridgehead atoms. The van der Waals surface area contributed by atoms with Crippen LogP contribution in [-0.4, -0.2) is 50.4 Å². The van der Waals surface area contributed by atoms with Gasteiger partial charge in [-0.05, 0) is 18.9 Å². The molecule has 6 heteroatoms. The Morgan fingerprint density at radius 2 is 2.19 bits per heavy atom. The molecule has 0 amide bonds. The van der Waals surface area contributed by atoms with Gasteiger partial charge in [0.05, 0.1) is 24.5 Å². The quantitative estimate of drug-likeness (QED) is 0.785. The Kier molecular flexibility index (Phi) is 3.23.